The van der Waals surface area contributed by atoms with E-state index in [-0.39, 0.29) is 17.9 Å². The van der Waals surface area contributed by atoms with Crippen molar-refractivity contribution in [2.24, 2.45) is 0 Å². The van der Waals surface area contributed by atoms with Gasteiger partial charge < -0.3 is 14.8 Å². The predicted octanol–water partition coefficient (Wildman–Crippen LogP) is 5.26. The number of carbonyl (C=O) groups is 1. The van der Waals surface area contributed by atoms with E-state index in [9.17, 15) is 4.79 Å². The van der Waals surface area contributed by atoms with Crippen LogP contribution in [0.2, 0.25) is 5.02 Å². The zero-order valence-electron chi connectivity index (χ0n) is 19.0. The molecule has 4 aromatic rings. The lowest BCUT2D eigenvalue weighted by atomic mass is 10.0. The molecule has 2 heterocycles. The smallest absolute Gasteiger partial charge is 0.258 e. The van der Waals surface area contributed by atoms with E-state index >= 15 is 0 Å². The third-order valence-corrected chi connectivity index (χ3v) is 5.89. The normalized spacial score (nSPS) is 14.4. The predicted molar refractivity (Wildman–Crippen MR) is 135 cm³/mol. The van der Waals surface area contributed by atoms with Crippen LogP contribution in [0.15, 0.2) is 78.9 Å². The Hall–Kier alpha value is -4.30. The number of aromatic nitrogens is 3. The molecule has 1 amide bonds. The number of anilines is 2. The number of rotatable bonds is 6. The van der Waals surface area contributed by atoms with Gasteiger partial charge in [0.2, 0.25) is 5.95 Å². The van der Waals surface area contributed by atoms with E-state index in [1.807, 2.05) is 54.6 Å². The van der Waals surface area contributed by atoms with Crippen molar-refractivity contribution in [1.29, 1.82) is 0 Å². The van der Waals surface area contributed by atoms with Gasteiger partial charge in [0, 0.05) is 16.3 Å². The van der Waals surface area contributed by atoms with Gasteiger partial charge in [0.05, 0.1) is 14.2 Å². The Morgan fingerprint density at radius 3 is 2.46 bits per heavy atom. The van der Waals surface area contributed by atoms with Crippen LogP contribution in [0.1, 0.15) is 27.5 Å². The van der Waals surface area contributed by atoms with Crippen LogP contribution in [0.25, 0.3) is 5.70 Å². The highest BCUT2D eigenvalue weighted by molar-refractivity contribution is 6.30. The number of hydrogen-bond acceptors (Lipinski definition) is 6. The van der Waals surface area contributed by atoms with Gasteiger partial charge in [-0.05, 0) is 47.5 Å². The lowest BCUT2D eigenvalue weighted by Gasteiger charge is -2.24. The van der Waals surface area contributed by atoms with E-state index in [4.69, 9.17) is 21.1 Å². The van der Waals surface area contributed by atoms with Gasteiger partial charge in [0.15, 0.2) is 11.5 Å². The molecule has 0 aliphatic carbocycles. The van der Waals surface area contributed by atoms with Gasteiger partial charge in [-0.1, -0.05) is 54.1 Å². The third-order valence-electron chi connectivity index (χ3n) is 5.63. The van der Waals surface area contributed by atoms with Crippen LogP contribution in [0, 0.1) is 0 Å². The van der Waals surface area contributed by atoms with Crippen molar-refractivity contribution in [3.8, 4) is 11.5 Å². The molecule has 8 nitrogen and oxygen atoms in total. The van der Waals surface area contributed by atoms with Crippen LogP contribution in [0.5, 0.6) is 11.5 Å². The Bertz CT molecular complexity index is 1400. The summed E-state index contributed by atoms with van der Waals surface area (Å²) >= 11 is 6.11. The number of benzene rings is 3. The van der Waals surface area contributed by atoms with Crippen molar-refractivity contribution in [1.82, 2.24) is 14.8 Å². The molecule has 0 radical (unpaired) electrons. The SMILES string of the molecule is COc1ccc(C(=O)Nc2nc3n(n2)C(c2ccc(Cl)cc2)C=C(c2ccccc2)N3)cc1OC. The fourth-order valence-electron chi connectivity index (χ4n) is 3.88. The maximum Gasteiger partial charge on any atom is 0.258 e. The second kappa shape index (κ2) is 9.52. The third kappa shape index (κ3) is 4.56. The molecule has 35 heavy (non-hydrogen) atoms. The first-order valence-electron chi connectivity index (χ1n) is 10.9. The number of hydrogen-bond donors (Lipinski definition) is 2. The molecule has 176 valence electrons. The summed E-state index contributed by atoms with van der Waals surface area (Å²) in [6.45, 7) is 0. The number of allylic oxidation sites excluding steroid dienone is 1. The summed E-state index contributed by atoms with van der Waals surface area (Å²) in [4.78, 5) is 17.5. The second-order valence-electron chi connectivity index (χ2n) is 7.80. The van der Waals surface area contributed by atoms with Gasteiger partial charge >= 0.3 is 0 Å². The number of ether oxygens (including phenoxy) is 2. The average Bonchev–Trinajstić information content (AvgIpc) is 3.31. The first-order chi connectivity index (χ1) is 17.1. The minimum Gasteiger partial charge on any atom is -0.493 e. The van der Waals surface area contributed by atoms with Crippen LogP contribution in [0.3, 0.4) is 0 Å². The van der Waals surface area contributed by atoms with E-state index in [1.165, 1.54) is 7.11 Å². The first kappa shape index (κ1) is 22.5. The standard InChI is InChI=1S/C26H22ClN5O3/c1-34-22-13-10-18(14-23(22)35-2)24(33)29-25-30-26-28-20(16-6-4-3-5-7-16)15-21(32(26)31-25)17-8-11-19(27)12-9-17/h3-15,21H,1-2H3,(H2,28,29,30,31,33). The van der Waals surface area contributed by atoms with E-state index in [0.717, 1.165) is 16.8 Å². The van der Waals surface area contributed by atoms with Crippen molar-refractivity contribution in [3.63, 3.8) is 0 Å². The fourth-order valence-corrected chi connectivity index (χ4v) is 4.01. The minimum atomic E-state index is -0.367. The first-order valence-corrected chi connectivity index (χ1v) is 11.2. The lowest BCUT2D eigenvalue weighted by molar-refractivity contribution is 0.102. The van der Waals surface area contributed by atoms with Crippen molar-refractivity contribution in [2.45, 2.75) is 6.04 Å². The molecule has 1 aromatic heterocycles. The van der Waals surface area contributed by atoms with Crippen LogP contribution in [-0.2, 0) is 0 Å². The molecule has 0 fully saturated rings. The molecule has 0 bridgehead atoms. The van der Waals surface area contributed by atoms with Gasteiger partial charge in [-0.2, -0.15) is 4.98 Å². The number of methoxy groups -OCH3 is 2. The Morgan fingerprint density at radius 1 is 1.00 bits per heavy atom. The van der Waals surface area contributed by atoms with Crippen LogP contribution < -0.4 is 20.1 Å². The van der Waals surface area contributed by atoms with Crippen LogP contribution in [-0.4, -0.2) is 34.9 Å². The molecule has 2 N–H and O–H groups in total. The lowest BCUT2D eigenvalue weighted by Crippen LogP contribution is -2.20. The molecule has 1 aliphatic rings. The minimum absolute atomic E-state index is 0.175. The van der Waals surface area contributed by atoms with E-state index in [0.29, 0.717) is 28.0 Å². The van der Waals surface area contributed by atoms with Crippen molar-refractivity contribution in [3.05, 3.63) is 101 Å². The largest absolute Gasteiger partial charge is 0.493 e. The zero-order valence-corrected chi connectivity index (χ0v) is 19.8. The molecule has 3 aromatic carbocycles. The summed E-state index contributed by atoms with van der Waals surface area (Å²) in [6, 6.07) is 22.2. The Labute approximate surface area is 207 Å². The van der Waals surface area contributed by atoms with Gasteiger partial charge in [-0.15, -0.1) is 5.10 Å². The average molecular weight is 488 g/mol. The summed E-state index contributed by atoms with van der Waals surface area (Å²) in [5, 5.41) is 11.3. The number of amides is 1. The number of nitrogens with zero attached hydrogens (tertiary/aromatic N) is 3. The van der Waals surface area contributed by atoms with E-state index in [2.05, 4.69) is 26.8 Å². The van der Waals surface area contributed by atoms with Gasteiger partial charge in [0.25, 0.3) is 11.9 Å². The Balaban J connectivity index is 1.47. The van der Waals surface area contributed by atoms with Crippen molar-refractivity contribution < 1.29 is 14.3 Å². The summed E-state index contributed by atoms with van der Waals surface area (Å²) in [6.07, 6.45) is 2.07. The summed E-state index contributed by atoms with van der Waals surface area (Å²) in [5.74, 6) is 1.31. The Kier molecular flexibility index (Phi) is 6.12. The number of halogens is 1. The maximum absolute atomic E-state index is 12.9. The highest BCUT2D eigenvalue weighted by atomic mass is 35.5. The van der Waals surface area contributed by atoms with Gasteiger partial charge in [0.1, 0.15) is 6.04 Å². The highest BCUT2D eigenvalue weighted by Crippen LogP contribution is 2.34. The summed E-state index contributed by atoms with van der Waals surface area (Å²) in [5.41, 5.74) is 3.27. The number of fused-ring (bicyclic) bond motifs is 1. The molecule has 0 spiro atoms. The van der Waals surface area contributed by atoms with Crippen LogP contribution >= 0.6 is 11.6 Å². The van der Waals surface area contributed by atoms with E-state index < -0.39 is 0 Å². The molecule has 9 heteroatoms. The van der Waals surface area contributed by atoms with Gasteiger partial charge in [-0.3, -0.25) is 10.1 Å². The molecular weight excluding hydrogens is 466 g/mol. The van der Waals surface area contributed by atoms with Crippen molar-refractivity contribution in [2.75, 3.05) is 24.9 Å². The Morgan fingerprint density at radius 2 is 1.74 bits per heavy atom. The second-order valence-corrected chi connectivity index (χ2v) is 8.23. The molecular formula is C26H22ClN5O3. The van der Waals surface area contributed by atoms with E-state index in [1.54, 1.807) is 30.0 Å². The monoisotopic (exact) mass is 487 g/mol. The molecule has 0 saturated carbocycles. The molecule has 1 unspecified atom stereocenters. The van der Waals surface area contributed by atoms with Crippen molar-refractivity contribution >= 4 is 35.1 Å². The fraction of sp³-hybridized carbons (Fsp3) is 0.115. The maximum atomic E-state index is 12.9. The van der Waals surface area contributed by atoms with Crippen LogP contribution in [0.4, 0.5) is 11.9 Å². The quantitative estimate of drug-likeness (QED) is 0.385. The topological polar surface area (TPSA) is 90.3 Å². The molecule has 0 saturated heterocycles. The molecule has 1 atom stereocenters. The number of carbonyl (C=O) groups excluding carboxylic acids is 1. The van der Waals surface area contributed by atoms with Gasteiger partial charge in [-0.25, -0.2) is 4.68 Å². The highest BCUT2D eigenvalue weighted by Gasteiger charge is 2.26. The molecule has 1 aliphatic heterocycles. The summed E-state index contributed by atoms with van der Waals surface area (Å²) < 4.78 is 12.3. The summed E-state index contributed by atoms with van der Waals surface area (Å²) in [7, 11) is 3.06. The zero-order chi connectivity index (χ0) is 24.4. The molecule has 5 rings (SSSR count). The number of nitrogens with one attached hydrogen (secondary N) is 2.